The van der Waals surface area contributed by atoms with Crippen molar-refractivity contribution in [1.29, 1.82) is 0 Å². The van der Waals surface area contributed by atoms with E-state index in [1.54, 1.807) is 6.20 Å². The lowest BCUT2D eigenvalue weighted by atomic mass is 10.3. The lowest BCUT2D eigenvalue weighted by Gasteiger charge is -2.17. The van der Waals surface area contributed by atoms with Crippen molar-refractivity contribution >= 4 is 5.69 Å². The third kappa shape index (κ3) is 6.40. The summed E-state index contributed by atoms with van der Waals surface area (Å²) in [7, 11) is 0. The first-order valence-corrected chi connectivity index (χ1v) is 6.86. The third-order valence-electron chi connectivity index (χ3n) is 2.44. The van der Waals surface area contributed by atoms with Crippen LogP contribution in [0, 0.1) is 0 Å². The van der Waals surface area contributed by atoms with E-state index in [1.165, 1.54) is 0 Å². The van der Waals surface area contributed by atoms with Crippen LogP contribution in [0.15, 0.2) is 18.3 Å². The van der Waals surface area contributed by atoms with E-state index in [0.717, 1.165) is 18.7 Å². The molecule has 1 N–H and O–H groups in total. The number of nitrogens with zero attached hydrogens (tertiary/aromatic N) is 1. The zero-order valence-electron chi connectivity index (χ0n) is 12.0. The summed E-state index contributed by atoms with van der Waals surface area (Å²) in [6, 6.07) is 3.81. The first-order chi connectivity index (χ1) is 9.30. The minimum atomic E-state index is -0.141. The van der Waals surface area contributed by atoms with Gasteiger partial charge in [0.1, 0.15) is 0 Å². The molecule has 0 atom stereocenters. The molecule has 5 heteroatoms. The Kier molecular flexibility index (Phi) is 7.93. The second-order valence-electron chi connectivity index (χ2n) is 3.87. The number of hydrogen-bond acceptors (Lipinski definition) is 5. The number of aromatic nitrogens is 1. The molecular formula is C14H24N2O3. The molecule has 0 radical (unpaired) electrons. The van der Waals surface area contributed by atoms with E-state index in [2.05, 4.69) is 10.3 Å². The first kappa shape index (κ1) is 15.7. The lowest BCUT2D eigenvalue weighted by Crippen LogP contribution is -2.21. The number of rotatable bonds is 10. The molecule has 1 aromatic rings. The molecule has 1 aromatic heterocycles. The van der Waals surface area contributed by atoms with E-state index >= 15 is 0 Å². The van der Waals surface area contributed by atoms with Gasteiger partial charge in [-0.25, -0.2) is 4.98 Å². The Hall–Kier alpha value is -1.33. The number of hydrogen-bond donors (Lipinski definition) is 1. The largest absolute Gasteiger partial charge is 0.478 e. The Morgan fingerprint density at radius 1 is 1.11 bits per heavy atom. The van der Waals surface area contributed by atoms with E-state index in [4.69, 9.17) is 14.2 Å². The van der Waals surface area contributed by atoms with E-state index < -0.39 is 0 Å². The highest BCUT2D eigenvalue weighted by Gasteiger charge is 2.07. The number of pyridine rings is 1. The van der Waals surface area contributed by atoms with Crippen molar-refractivity contribution in [3.8, 4) is 5.88 Å². The normalized spacial score (nSPS) is 10.7. The van der Waals surface area contributed by atoms with E-state index in [1.807, 2.05) is 32.9 Å². The first-order valence-electron chi connectivity index (χ1n) is 6.86. The van der Waals surface area contributed by atoms with Crippen LogP contribution >= 0.6 is 0 Å². The van der Waals surface area contributed by atoms with E-state index in [0.29, 0.717) is 25.7 Å². The van der Waals surface area contributed by atoms with Crippen molar-refractivity contribution in [2.45, 2.75) is 33.5 Å². The predicted octanol–water partition coefficient (Wildman–Crippen LogP) is 2.68. The summed E-state index contributed by atoms with van der Waals surface area (Å²) in [4.78, 5) is 4.19. The Morgan fingerprint density at radius 2 is 1.84 bits per heavy atom. The summed E-state index contributed by atoms with van der Waals surface area (Å²) in [6.07, 6.45) is 2.43. The lowest BCUT2D eigenvalue weighted by molar-refractivity contribution is -0.137. The van der Waals surface area contributed by atoms with Gasteiger partial charge in [0.05, 0.1) is 18.5 Å². The van der Waals surface area contributed by atoms with Gasteiger partial charge in [-0.2, -0.15) is 0 Å². The van der Waals surface area contributed by atoms with Crippen molar-refractivity contribution in [3.05, 3.63) is 18.3 Å². The number of nitrogens with one attached hydrogen (secondary N) is 1. The molecule has 0 bridgehead atoms. The van der Waals surface area contributed by atoms with Crippen molar-refractivity contribution in [3.63, 3.8) is 0 Å². The van der Waals surface area contributed by atoms with Gasteiger partial charge in [-0.1, -0.05) is 0 Å². The van der Waals surface area contributed by atoms with Crippen LogP contribution < -0.4 is 10.1 Å². The second-order valence-corrected chi connectivity index (χ2v) is 3.87. The molecule has 0 aromatic carbocycles. The van der Waals surface area contributed by atoms with Crippen molar-refractivity contribution < 1.29 is 14.2 Å². The van der Waals surface area contributed by atoms with Crippen LogP contribution in [0.1, 0.15) is 27.2 Å². The Balaban J connectivity index is 2.30. The molecule has 1 rings (SSSR count). The van der Waals surface area contributed by atoms with E-state index in [9.17, 15) is 0 Å². The second kappa shape index (κ2) is 9.58. The minimum absolute atomic E-state index is 0.141. The maximum atomic E-state index is 5.47. The van der Waals surface area contributed by atoms with Crippen molar-refractivity contribution in [2.24, 2.45) is 0 Å². The number of ether oxygens (including phenoxy) is 3. The van der Waals surface area contributed by atoms with Crippen LogP contribution in [0.3, 0.4) is 0 Å². The average molecular weight is 268 g/mol. The topological polar surface area (TPSA) is 52.6 Å². The Bertz CT molecular complexity index is 324. The van der Waals surface area contributed by atoms with Gasteiger partial charge in [-0.05, 0) is 26.8 Å². The molecule has 1 heterocycles. The smallest absolute Gasteiger partial charge is 0.213 e. The van der Waals surface area contributed by atoms with Gasteiger partial charge in [0.15, 0.2) is 6.29 Å². The molecule has 0 aliphatic heterocycles. The highest BCUT2D eigenvalue weighted by molar-refractivity contribution is 5.41. The summed E-state index contributed by atoms with van der Waals surface area (Å²) >= 11 is 0. The maximum Gasteiger partial charge on any atom is 0.213 e. The third-order valence-corrected chi connectivity index (χ3v) is 2.44. The SMILES string of the molecule is CCOc1ccc(NCCC(OCC)OCC)cn1. The van der Waals surface area contributed by atoms with Crippen LogP contribution in [0.5, 0.6) is 5.88 Å². The molecule has 0 saturated carbocycles. The number of anilines is 1. The van der Waals surface area contributed by atoms with Gasteiger partial charge in [0, 0.05) is 32.2 Å². The quantitative estimate of drug-likeness (QED) is 0.661. The van der Waals surface area contributed by atoms with Gasteiger partial charge in [0.25, 0.3) is 0 Å². The van der Waals surface area contributed by atoms with Crippen molar-refractivity contribution in [1.82, 2.24) is 4.98 Å². The maximum absolute atomic E-state index is 5.47. The van der Waals surface area contributed by atoms with Crippen molar-refractivity contribution in [2.75, 3.05) is 31.7 Å². The molecule has 19 heavy (non-hydrogen) atoms. The summed E-state index contributed by atoms with van der Waals surface area (Å²) in [5.41, 5.74) is 0.968. The fourth-order valence-corrected chi connectivity index (χ4v) is 1.64. The van der Waals surface area contributed by atoms with Gasteiger partial charge in [0.2, 0.25) is 5.88 Å². The Morgan fingerprint density at radius 3 is 2.37 bits per heavy atom. The van der Waals surface area contributed by atoms with Gasteiger partial charge in [-0.15, -0.1) is 0 Å². The molecule has 0 aliphatic rings. The van der Waals surface area contributed by atoms with Crippen LogP contribution in [0.2, 0.25) is 0 Å². The van der Waals surface area contributed by atoms with Crippen LogP contribution in [0.25, 0.3) is 0 Å². The molecule has 5 nitrogen and oxygen atoms in total. The molecule has 0 unspecified atom stereocenters. The van der Waals surface area contributed by atoms with E-state index in [-0.39, 0.29) is 6.29 Å². The summed E-state index contributed by atoms with van der Waals surface area (Å²) in [5, 5.41) is 3.28. The van der Waals surface area contributed by atoms with Crippen LogP contribution in [0.4, 0.5) is 5.69 Å². The summed E-state index contributed by atoms with van der Waals surface area (Å²) < 4.78 is 16.2. The zero-order chi connectivity index (χ0) is 13.9. The fourth-order valence-electron chi connectivity index (χ4n) is 1.64. The van der Waals surface area contributed by atoms with Crippen LogP contribution in [-0.2, 0) is 9.47 Å². The summed E-state index contributed by atoms with van der Waals surface area (Å²) in [5.74, 6) is 0.648. The fraction of sp³-hybridized carbons (Fsp3) is 0.643. The summed E-state index contributed by atoms with van der Waals surface area (Å²) in [6.45, 7) is 8.61. The molecule has 108 valence electrons. The molecule has 0 aliphatic carbocycles. The minimum Gasteiger partial charge on any atom is -0.478 e. The van der Waals surface area contributed by atoms with Gasteiger partial charge < -0.3 is 19.5 Å². The van der Waals surface area contributed by atoms with Crippen LogP contribution in [-0.4, -0.2) is 37.6 Å². The van der Waals surface area contributed by atoms with Gasteiger partial charge >= 0.3 is 0 Å². The predicted molar refractivity (Wildman–Crippen MR) is 75.6 cm³/mol. The Labute approximate surface area is 115 Å². The highest BCUT2D eigenvalue weighted by Crippen LogP contribution is 2.12. The van der Waals surface area contributed by atoms with Gasteiger partial charge in [-0.3, -0.25) is 0 Å². The molecule has 0 amide bonds. The molecule has 0 spiro atoms. The standard InChI is InChI=1S/C14H24N2O3/c1-4-17-13-8-7-12(11-16-13)15-10-9-14(18-5-2)19-6-3/h7-8,11,14-15H,4-6,9-10H2,1-3H3. The monoisotopic (exact) mass is 268 g/mol. The molecular weight excluding hydrogens is 244 g/mol. The highest BCUT2D eigenvalue weighted by atomic mass is 16.7. The molecule has 0 saturated heterocycles. The average Bonchev–Trinajstić information content (AvgIpc) is 2.41. The molecule has 0 fully saturated rings. The zero-order valence-corrected chi connectivity index (χ0v) is 12.0.